The Labute approximate surface area is 157 Å². The number of ether oxygens (including phenoxy) is 3. The maximum atomic E-state index is 15.0. The quantitative estimate of drug-likeness (QED) is 0.744. The Morgan fingerprint density at radius 2 is 1.52 bits per heavy atom. The summed E-state index contributed by atoms with van der Waals surface area (Å²) in [7, 11) is 0. The largest absolute Gasteiger partial charge is 0.446 e. The van der Waals surface area contributed by atoms with Crippen LogP contribution in [0, 0.1) is 0 Å². The van der Waals surface area contributed by atoms with Gasteiger partial charge < -0.3 is 14.2 Å². The smallest absolute Gasteiger partial charge is 0.340 e. The first-order valence-electron chi connectivity index (χ1n) is 8.79. The molecule has 142 valence electrons. The van der Waals surface area contributed by atoms with Crippen LogP contribution in [0.4, 0.5) is 4.39 Å². The second-order valence-electron chi connectivity index (χ2n) is 6.53. The van der Waals surface area contributed by atoms with Crippen LogP contribution in [-0.4, -0.2) is 36.1 Å². The number of hydrogen-bond donors (Lipinski definition) is 0. The van der Waals surface area contributed by atoms with E-state index >= 15 is 4.39 Å². The van der Waals surface area contributed by atoms with Gasteiger partial charge in [-0.3, -0.25) is 0 Å². The van der Waals surface area contributed by atoms with Gasteiger partial charge in [0.05, 0.1) is 17.2 Å². The molecule has 1 heterocycles. The molecule has 3 rings (SSSR count). The molecule has 0 saturated carbocycles. The fourth-order valence-corrected chi connectivity index (χ4v) is 2.99. The molecule has 1 fully saturated rings. The zero-order chi connectivity index (χ0) is 19.4. The number of hydrogen-bond acceptors (Lipinski definition) is 5. The molecule has 2 aromatic rings. The van der Waals surface area contributed by atoms with Crippen molar-refractivity contribution in [2.24, 2.45) is 0 Å². The zero-order valence-corrected chi connectivity index (χ0v) is 15.1. The van der Waals surface area contributed by atoms with Crippen molar-refractivity contribution in [1.29, 1.82) is 0 Å². The van der Waals surface area contributed by atoms with Crippen LogP contribution < -0.4 is 0 Å². The van der Waals surface area contributed by atoms with Crippen LogP contribution in [0.25, 0.3) is 0 Å². The molecule has 1 aliphatic heterocycles. The molecular formula is C21H21FO5. The first kappa shape index (κ1) is 19.0. The molecule has 4 atom stereocenters. The molecule has 1 aliphatic rings. The maximum absolute atomic E-state index is 15.0. The van der Waals surface area contributed by atoms with E-state index in [1.165, 1.54) is 6.92 Å². The predicted molar refractivity (Wildman–Crippen MR) is 96.0 cm³/mol. The van der Waals surface area contributed by atoms with Crippen molar-refractivity contribution < 1.29 is 28.2 Å². The monoisotopic (exact) mass is 372 g/mol. The van der Waals surface area contributed by atoms with Crippen molar-refractivity contribution in [2.75, 3.05) is 0 Å². The average Bonchev–Trinajstić information content (AvgIpc) is 2.93. The maximum Gasteiger partial charge on any atom is 0.340 e. The third-order valence-corrected chi connectivity index (χ3v) is 4.59. The standard InChI is InChI=1S/C21H21FO5/c1-3-16-17(22)21(2,27-19(24)15-12-8-5-9-13-15)20(25-16)26-18(23)14-10-6-4-7-11-14/h4-13,16-17,20H,3H2,1-2H3/t16-,17+,20?,21-/m1/s1. The van der Waals surface area contributed by atoms with Crippen LogP contribution in [0.15, 0.2) is 60.7 Å². The lowest BCUT2D eigenvalue weighted by molar-refractivity contribution is -0.170. The van der Waals surface area contributed by atoms with Gasteiger partial charge in [0.2, 0.25) is 11.9 Å². The summed E-state index contributed by atoms with van der Waals surface area (Å²) in [6.45, 7) is 3.13. The van der Waals surface area contributed by atoms with E-state index in [-0.39, 0.29) is 5.56 Å². The third kappa shape index (κ3) is 3.85. The number of rotatable bonds is 5. The molecular weight excluding hydrogens is 351 g/mol. The van der Waals surface area contributed by atoms with Gasteiger partial charge in [-0.15, -0.1) is 0 Å². The Balaban J connectivity index is 1.82. The van der Waals surface area contributed by atoms with Gasteiger partial charge in [-0.1, -0.05) is 43.3 Å². The van der Waals surface area contributed by atoms with E-state index in [0.29, 0.717) is 12.0 Å². The van der Waals surface area contributed by atoms with Crippen molar-refractivity contribution in [2.45, 2.75) is 44.4 Å². The molecule has 0 aliphatic carbocycles. The van der Waals surface area contributed by atoms with E-state index in [9.17, 15) is 9.59 Å². The molecule has 1 saturated heterocycles. The molecule has 6 heteroatoms. The number of alkyl halides is 1. The number of benzene rings is 2. The van der Waals surface area contributed by atoms with Gasteiger partial charge in [-0.05, 0) is 37.6 Å². The van der Waals surface area contributed by atoms with Crippen molar-refractivity contribution in [1.82, 2.24) is 0 Å². The Morgan fingerprint density at radius 1 is 1.00 bits per heavy atom. The molecule has 2 aromatic carbocycles. The second-order valence-corrected chi connectivity index (χ2v) is 6.53. The van der Waals surface area contributed by atoms with Gasteiger partial charge >= 0.3 is 11.9 Å². The molecule has 0 N–H and O–H groups in total. The normalized spacial score (nSPS) is 27.1. The second kappa shape index (κ2) is 7.88. The van der Waals surface area contributed by atoms with Crippen LogP contribution in [0.3, 0.4) is 0 Å². The van der Waals surface area contributed by atoms with Crippen LogP contribution in [0.1, 0.15) is 41.0 Å². The zero-order valence-electron chi connectivity index (χ0n) is 15.1. The molecule has 0 spiro atoms. The van der Waals surface area contributed by atoms with Crippen molar-refractivity contribution in [3.05, 3.63) is 71.8 Å². The number of halogens is 1. The fraction of sp³-hybridized carbons (Fsp3) is 0.333. The van der Waals surface area contributed by atoms with E-state index < -0.39 is 36.1 Å². The highest BCUT2D eigenvalue weighted by Crippen LogP contribution is 2.39. The predicted octanol–water partition coefficient (Wildman–Crippen LogP) is 3.93. The summed E-state index contributed by atoms with van der Waals surface area (Å²) in [5.74, 6) is -1.38. The lowest BCUT2D eigenvalue weighted by Gasteiger charge is -2.30. The van der Waals surface area contributed by atoms with Gasteiger partial charge in [0.25, 0.3) is 0 Å². The Hall–Kier alpha value is -2.73. The Morgan fingerprint density at radius 3 is 2.04 bits per heavy atom. The number of carbonyl (C=O) groups is 2. The summed E-state index contributed by atoms with van der Waals surface area (Å²) in [6.07, 6.45) is -3.48. The first-order valence-corrected chi connectivity index (χ1v) is 8.79. The Kier molecular flexibility index (Phi) is 5.56. The van der Waals surface area contributed by atoms with Gasteiger partial charge in [0, 0.05) is 0 Å². The highest BCUT2D eigenvalue weighted by molar-refractivity contribution is 5.90. The highest BCUT2D eigenvalue weighted by Gasteiger charge is 2.59. The molecule has 0 bridgehead atoms. The average molecular weight is 372 g/mol. The Bertz CT molecular complexity index is 795. The molecule has 5 nitrogen and oxygen atoms in total. The minimum absolute atomic E-state index is 0.277. The first-order chi connectivity index (χ1) is 13.0. The third-order valence-electron chi connectivity index (χ3n) is 4.59. The van der Waals surface area contributed by atoms with Crippen LogP contribution in [0.2, 0.25) is 0 Å². The SMILES string of the molecule is CC[C@H]1OC(OC(=O)c2ccccc2)[C@](C)(OC(=O)c2ccccc2)[C@H]1F. The van der Waals surface area contributed by atoms with E-state index in [0.717, 1.165) is 0 Å². The van der Waals surface area contributed by atoms with E-state index in [1.807, 2.05) is 0 Å². The fourth-order valence-electron chi connectivity index (χ4n) is 2.99. The van der Waals surface area contributed by atoms with Crippen molar-refractivity contribution in [3.8, 4) is 0 Å². The summed E-state index contributed by atoms with van der Waals surface area (Å²) in [5.41, 5.74) is -1.18. The van der Waals surface area contributed by atoms with E-state index in [4.69, 9.17) is 14.2 Å². The highest BCUT2D eigenvalue weighted by atomic mass is 19.1. The summed E-state index contributed by atoms with van der Waals surface area (Å²) in [5, 5.41) is 0. The minimum Gasteiger partial charge on any atom is -0.446 e. The van der Waals surface area contributed by atoms with Gasteiger partial charge in [0.1, 0.15) is 0 Å². The van der Waals surface area contributed by atoms with E-state index in [1.54, 1.807) is 67.6 Å². The van der Waals surface area contributed by atoms with Crippen LogP contribution in [-0.2, 0) is 14.2 Å². The lowest BCUT2D eigenvalue weighted by atomic mass is 9.97. The topological polar surface area (TPSA) is 61.8 Å². The van der Waals surface area contributed by atoms with Crippen molar-refractivity contribution in [3.63, 3.8) is 0 Å². The number of esters is 2. The summed E-state index contributed by atoms with van der Waals surface area (Å²) < 4.78 is 31.4. The summed E-state index contributed by atoms with van der Waals surface area (Å²) in [4.78, 5) is 24.8. The molecule has 0 amide bonds. The molecule has 0 radical (unpaired) electrons. The summed E-state index contributed by atoms with van der Waals surface area (Å²) in [6, 6.07) is 16.5. The van der Waals surface area contributed by atoms with Gasteiger partial charge in [0.15, 0.2) is 6.17 Å². The van der Waals surface area contributed by atoms with Crippen molar-refractivity contribution >= 4 is 11.9 Å². The molecule has 0 aromatic heterocycles. The van der Waals surface area contributed by atoms with Gasteiger partial charge in [-0.25, -0.2) is 14.0 Å². The van der Waals surface area contributed by atoms with Gasteiger partial charge in [-0.2, -0.15) is 0 Å². The summed E-state index contributed by atoms with van der Waals surface area (Å²) >= 11 is 0. The van der Waals surface area contributed by atoms with E-state index in [2.05, 4.69) is 0 Å². The van der Waals surface area contributed by atoms with Crippen LogP contribution >= 0.6 is 0 Å². The number of carbonyl (C=O) groups excluding carboxylic acids is 2. The minimum atomic E-state index is -1.75. The van der Waals surface area contributed by atoms with Crippen LogP contribution in [0.5, 0.6) is 0 Å². The lowest BCUT2D eigenvalue weighted by Crippen LogP contribution is -2.49. The molecule has 27 heavy (non-hydrogen) atoms. The molecule has 1 unspecified atom stereocenters.